The Morgan fingerprint density at radius 3 is 2.42 bits per heavy atom. The molecule has 1 N–H and O–H groups in total. The van der Waals surface area contributed by atoms with Crippen LogP contribution in [-0.2, 0) is 9.84 Å². The first-order valence-corrected chi connectivity index (χ1v) is 12.4. The zero-order valence-corrected chi connectivity index (χ0v) is 18.4. The fourth-order valence-corrected chi connectivity index (χ4v) is 5.74. The van der Waals surface area contributed by atoms with E-state index >= 15 is 0 Å². The summed E-state index contributed by atoms with van der Waals surface area (Å²) < 4.78 is 24.4. The molecule has 1 fully saturated rings. The smallest absolute Gasteiger partial charge is 0.271 e. The molecule has 7 nitrogen and oxygen atoms in total. The number of nitrogens with zero attached hydrogens (tertiary/aromatic N) is 2. The van der Waals surface area contributed by atoms with Crippen LogP contribution >= 0.6 is 11.8 Å². The van der Waals surface area contributed by atoms with E-state index in [1.165, 1.54) is 28.1 Å². The van der Waals surface area contributed by atoms with Crippen LogP contribution < -0.4 is 10.9 Å². The highest BCUT2D eigenvalue weighted by Gasteiger charge is 2.29. The first-order chi connectivity index (χ1) is 14.8. The average Bonchev–Trinajstić information content (AvgIpc) is 3.09. The van der Waals surface area contributed by atoms with Crippen molar-refractivity contribution in [1.82, 2.24) is 15.1 Å². The summed E-state index contributed by atoms with van der Waals surface area (Å²) in [6.45, 7) is 2.02. The normalized spacial score (nSPS) is 17.4. The van der Waals surface area contributed by atoms with E-state index in [1.54, 1.807) is 30.3 Å². The van der Waals surface area contributed by atoms with Gasteiger partial charge in [-0.1, -0.05) is 29.5 Å². The number of carbonyl (C=O) groups is 1. The SMILES string of the molecule is Cc1ccc(Sc2ccc(=O)n(-c3ccc(C(=O)NC4CCS(=O)(=O)C4)cc3)n2)cc1. The van der Waals surface area contributed by atoms with Gasteiger partial charge in [-0.05, 0) is 55.8 Å². The van der Waals surface area contributed by atoms with Crippen molar-refractivity contribution in [3.05, 3.63) is 82.1 Å². The topological polar surface area (TPSA) is 98.1 Å². The Bertz CT molecular complexity index is 1270. The Balaban J connectivity index is 1.50. The van der Waals surface area contributed by atoms with Crippen LogP contribution in [0.2, 0.25) is 0 Å². The average molecular weight is 456 g/mol. The molecule has 4 rings (SSSR count). The number of hydrogen-bond acceptors (Lipinski definition) is 6. The third-order valence-electron chi connectivity index (χ3n) is 4.96. The first kappa shape index (κ1) is 21.3. The third kappa shape index (κ3) is 5.23. The Morgan fingerprint density at radius 1 is 1.06 bits per heavy atom. The monoisotopic (exact) mass is 455 g/mol. The minimum absolute atomic E-state index is 0.0262. The molecule has 0 spiro atoms. The van der Waals surface area contributed by atoms with Gasteiger partial charge in [0.15, 0.2) is 9.84 Å². The Kier molecular flexibility index (Phi) is 5.97. The standard InChI is InChI=1S/C22H21N3O4S2/c1-15-2-8-19(9-3-15)30-20-10-11-21(26)25(24-20)18-6-4-16(5-7-18)22(27)23-17-12-13-31(28,29)14-17/h2-11,17H,12-14H2,1H3,(H,23,27). The van der Waals surface area contributed by atoms with E-state index in [2.05, 4.69) is 10.4 Å². The van der Waals surface area contributed by atoms with Crippen molar-refractivity contribution < 1.29 is 13.2 Å². The van der Waals surface area contributed by atoms with Crippen LogP contribution in [0, 0.1) is 6.92 Å². The van der Waals surface area contributed by atoms with Crippen molar-refractivity contribution >= 4 is 27.5 Å². The van der Waals surface area contributed by atoms with Gasteiger partial charge in [0.25, 0.3) is 11.5 Å². The van der Waals surface area contributed by atoms with E-state index in [9.17, 15) is 18.0 Å². The number of aryl methyl sites for hydroxylation is 1. The zero-order chi connectivity index (χ0) is 22.0. The van der Waals surface area contributed by atoms with Crippen LogP contribution in [0.25, 0.3) is 5.69 Å². The van der Waals surface area contributed by atoms with Crippen molar-refractivity contribution in [2.24, 2.45) is 0 Å². The number of aromatic nitrogens is 2. The maximum atomic E-state index is 12.4. The molecule has 31 heavy (non-hydrogen) atoms. The second kappa shape index (κ2) is 8.68. The van der Waals surface area contributed by atoms with Crippen LogP contribution in [-0.4, -0.2) is 41.7 Å². The van der Waals surface area contributed by atoms with E-state index in [1.807, 2.05) is 31.2 Å². The third-order valence-corrected chi connectivity index (χ3v) is 7.66. The molecule has 0 saturated carbocycles. The van der Waals surface area contributed by atoms with Gasteiger partial charge in [0.1, 0.15) is 5.03 Å². The molecule has 1 amide bonds. The number of carbonyl (C=O) groups excluding carboxylic acids is 1. The van der Waals surface area contributed by atoms with Crippen molar-refractivity contribution in [2.45, 2.75) is 29.3 Å². The largest absolute Gasteiger partial charge is 0.348 e. The fraction of sp³-hybridized carbons (Fsp3) is 0.227. The molecule has 1 aromatic heterocycles. The summed E-state index contributed by atoms with van der Waals surface area (Å²) in [5.74, 6) is -0.262. The zero-order valence-electron chi connectivity index (χ0n) is 16.8. The minimum Gasteiger partial charge on any atom is -0.348 e. The second-order valence-electron chi connectivity index (χ2n) is 7.46. The number of rotatable bonds is 5. The lowest BCUT2D eigenvalue weighted by Crippen LogP contribution is -2.35. The maximum absolute atomic E-state index is 12.4. The van der Waals surface area contributed by atoms with Crippen molar-refractivity contribution in [1.29, 1.82) is 0 Å². The molecule has 0 radical (unpaired) electrons. The number of benzene rings is 2. The Morgan fingerprint density at radius 2 is 1.77 bits per heavy atom. The van der Waals surface area contributed by atoms with Crippen LogP contribution in [0.1, 0.15) is 22.3 Å². The predicted molar refractivity (Wildman–Crippen MR) is 120 cm³/mol. The molecule has 1 aliphatic rings. The van der Waals surface area contributed by atoms with E-state index in [4.69, 9.17) is 0 Å². The van der Waals surface area contributed by atoms with Gasteiger partial charge in [-0.25, -0.2) is 8.42 Å². The lowest BCUT2D eigenvalue weighted by atomic mass is 10.1. The van der Waals surface area contributed by atoms with Crippen LogP contribution in [0.3, 0.4) is 0 Å². The van der Waals surface area contributed by atoms with Gasteiger partial charge in [0.2, 0.25) is 0 Å². The van der Waals surface area contributed by atoms with Gasteiger partial charge in [-0.2, -0.15) is 9.78 Å². The number of amides is 1. The van der Waals surface area contributed by atoms with Gasteiger partial charge in [0, 0.05) is 22.6 Å². The lowest BCUT2D eigenvalue weighted by molar-refractivity contribution is 0.0941. The first-order valence-electron chi connectivity index (χ1n) is 9.76. The summed E-state index contributed by atoms with van der Waals surface area (Å²) >= 11 is 1.46. The minimum atomic E-state index is -3.06. The van der Waals surface area contributed by atoms with E-state index in [-0.39, 0.29) is 29.0 Å². The van der Waals surface area contributed by atoms with Gasteiger partial charge in [-0.3, -0.25) is 9.59 Å². The summed E-state index contributed by atoms with van der Waals surface area (Å²) in [7, 11) is -3.06. The van der Waals surface area contributed by atoms with Gasteiger partial charge < -0.3 is 5.32 Å². The van der Waals surface area contributed by atoms with E-state index < -0.39 is 9.84 Å². The predicted octanol–water partition coefficient (Wildman–Crippen LogP) is 2.61. The summed E-state index contributed by atoms with van der Waals surface area (Å²) in [4.78, 5) is 25.8. The molecule has 1 saturated heterocycles. The summed E-state index contributed by atoms with van der Waals surface area (Å²) in [6.07, 6.45) is 0.427. The molecule has 1 unspecified atom stereocenters. The number of hydrogen-bond donors (Lipinski definition) is 1. The van der Waals surface area contributed by atoms with Crippen LogP contribution in [0.5, 0.6) is 0 Å². The molecule has 9 heteroatoms. The molecule has 2 heterocycles. The highest BCUT2D eigenvalue weighted by atomic mass is 32.2. The molecule has 0 bridgehead atoms. The Hall–Kier alpha value is -2.91. The maximum Gasteiger partial charge on any atom is 0.271 e. The molecule has 160 valence electrons. The van der Waals surface area contributed by atoms with Gasteiger partial charge in [0.05, 0.1) is 17.2 Å². The van der Waals surface area contributed by atoms with Gasteiger partial charge >= 0.3 is 0 Å². The summed E-state index contributed by atoms with van der Waals surface area (Å²) in [6, 6.07) is 17.3. The number of nitrogens with one attached hydrogen (secondary N) is 1. The summed E-state index contributed by atoms with van der Waals surface area (Å²) in [5, 5.41) is 7.86. The van der Waals surface area contributed by atoms with Crippen LogP contribution in [0.15, 0.2) is 75.4 Å². The fourth-order valence-electron chi connectivity index (χ4n) is 3.29. The molecular weight excluding hydrogens is 434 g/mol. The molecule has 1 aliphatic heterocycles. The van der Waals surface area contributed by atoms with Crippen molar-refractivity contribution in [3.63, 3.8) is 0 Å². The molecule has 3 aromatic rings. The highest BCUT2D eigenvalue weighted by Crippen LogP contribution is 2.25. The van der Waals surface area contributed by atoms with Crippen molar-refractivity contribution in [3.8, 4) is 5.69 Å². The molecule has 1 atom stereocenters. The number of sulfone groups is 1. The lowest BCUT2D eigenvalue weighted by Gasteiger charge is -2.11. The quantitative estimate of drug-likeness (QED) is 0.635. The summed E-state index contributed by atoms with van der Waals surface area (Å²) in [5.41, 5.74) is 1.82. The highest BCUT2D eigenvalue weighted by molar-refractivity contribution is 7.99. The van der Waals surface area contributed by atoms with E-state index in [0.29, 0.717) is 22.7 Å². The molecular formula is C22H21N3O4S2. The van der Waals surface area contributed by atoms with Crippen LogP contribution in [0.4, 0.5) is 0 Å². The molecule has 2 aromatic carbocycles. The van der Waals surface area contributed by atoms with E-state index in [0.717, 1.165) is 4.90 Å². The van der Waals surface area contributed by atoms with Gasteiger partial charge in [-0.15, -0.1) is 0 Å². The molecule has 0 aliphatic carbocycles. The van der Waals surface area contributed by atoms with Crippen molar-refractivity contribution in [2.75, 3.05) is 11.5 Å². The second-order valence-corrected chi connectivity index (χ2v) is 10.8. The Labute approximate surface area is 184 Å².